The van der Waals surface area contributed by atoms with E-state index in [-0.39, 0.29) is 17.1 Å². The van der Waals surface area contributed by atoms with E-state index in [0.717, 1.165) is 5.56 Å². The third-order valence-electron chi connectivity index (χ3n) is 3.79. The van der Waals surface area contributed by atoms with Gasteiger partial charge in [-0.2, -0.15) is 0 Å². The highest BCUT2D eigenvalue weighted by atomic mass is 32.2. The van der Waals surface area contributed by atoms with Gasteiger partial charge in [-0.15, -0.1) is 0 Å². The van der Waals surface area contributed by atoms with E-state index < -0.39 is 27.2 Å². The summed E-state index contributed by atoms with van der Waals surface area (Å²) in [5.41, 5.74) is 9.31. The Morgan fingerprint density at radius 3 is 2.44 bits per heavy atom. The largest absolute Gasteiger partial charge is 0.495 e. The maximum absolute atomic E-state index is 12.5. The van der Waals surface area contributed by atoms with Gasteiger partial charge in [-0.05, 0) is 43.7 Å². The van der Waals surface area contributed by atoms with Crippen LogP contribution in [-0.4, -0.2) is 33.8 Å². The zero-order valence-electron chi connectivity index (χ0n) is 15.3. The Hall–Kier alpha value is -3.01. The molecule has 0 spiro atoms. The number of primary amides is 2. The molecule has 10 heteroatoms. The molecule has 3 amide bonds. The van der Waals surface area contributed by atoms with Crippen LogP contribution in [0.15, 0.2) is 45.9 Å². The minimum atomic E-state index is -3.82. The van der Waals surface area contributed by atoms with Crippen molar-refractivity contribution in [1.29, 1.82) is 0 Å². The summed E-state index contributed by atoms with van der Waals surface area (Å²) in [6, 6.07) is 7.57. The molecule has 0 aliphatic rings. The predicted octanol–water partition coefficient (Wildman–Crippen LogP) is 1.12. The quantitative estimate of drug-likeness (QED) is 0.620. The van der Waals surface area contributed by atoms with Gasteiger partial charge in [-0.1, -0.05) is 6.07 Å². The van der Waals surface area contributed by atoms with E-state index >= 15 is 0 Å². The van der Waals surface area contributed by atoms with Crippen LogP contribution in [0.4, 0.5) is 4.79 Å². The van der Waals surface area contributed by atoms with Crippen molar-refractivity contribution in [1.82, 2.24) is 5.32 Å². The van der Waals surface area contributed by atoms with Crippen LogP contribution in [0.3, 0.4) is 0 Å². The molecule has 27 heavy (non-hydrogen) atoms. The summed E-state index contributed by atoms with van der Waals surface area (Å²) < 4.78 is 35.6. The molecule has 0 atom stereocenters. The van der Waals surface area contributed by atoms with Crippen LogP contribution in [0.1, 0.15) is 25.2 Å². The van der Waals surface area contributed by atoms with Crippen molar-refractivity contribution in [2.24, 2.45) is 11.5 Å². The summed E-state index contributed by atoms with van der Waals surface area (Å²) >= 11 is 0. The van der Waals surface area contributed by atoms with Gasteiger partial charge in [0.05, 0.1) is 13.4 Å². The molecule has 0 saturated carbocycles. The summed E-state index contributed by atoms with van der Waals surface area (Å²) in [6.45, 7) is 3.84. The van der Waals surface area contributed by atoms with Crippen molar-refractivity contribution in [3.05, 3.63) is 47.9 Å². The molecule has 1 heterocycles. The van der Waals surface area contributed by atoms with E-state index in [9.17, 15) is 13.2 Å². The number of furan rings is 1. The Bertz CT molecular complexity index is 876. The van der Waals surface area contributed by atoms with Crippen LogP contribution in [0.2, 0.25) is 0 Å². The number of methoxy groups -OCH3 is 1. The fourth-order valence-corrected chi connectivity index (χ4v) is 3.58. The third-order valence-corrected chi connectivity index (χ3v) is 5.31. The SMILES string of the molecule is COc1ccc(C(C)(C)c2ccco2)cc1S(=O)(=O)CNC(N)=O.NC=O. The number of urea groups is 1. The fraction of sp³-hybridized carbons (Fsp3) is 0.294. The molecule has 1 aromatic heterocycles. The third kappa shape index (κ3) is 5.48. The van der Waals surface area contributed by atoms with Crippen LogP contribution in [0.25, 0.3) is 0 Å². The lowest BCUT2D eigenvalue weighted by molar-refractivity contribution is -0.106. The van der Waals surface area contributed by atoms with Gasteiger partial charge in [0.2, 0.25) is 6.41 Å². The molecule has 0 bridgehead atoms. The summed E-state index contributed by atoms with van der Waals surface area (Å²) in [6.07, 6.45) is 1.81. The predicted molar refractivity (Wildman–Crippen MR) is 98.9 cm³/mol. The van der Waals surface area contributed by atoms with E-state index in [2.05, 4.69) is 11.1 Å². The van der Waals surface area contributed by atoms with E-state index in [1.165, 1.54) is 13.2 Å². The Morgan fingerprint density at radius 2 is 1.96 bits per heavy atom. The molecule has 0 unspecified atom stereocenters. The van der Waals surface area contributed by atoms with Crippen molar-refractivity contribution in [3.63, 3.8) is 0 Å². The monoisotopic (exact) mass is 397 g/mol. The van der Waals surface area contributed by atoms with E-state index in [0.29, 0.717) is 5.76 Å². The number of carbonyl (C=O) groups excluding carboxylic acids is 2. The highest BCUT2D eigenvalue weighted by Gasteiger charge is 2.29. The second kappa shape index (κ2) is 9.08. The molecule has 0 saturated heterocycles. The first kappa shape index (κ1) is 22.0. The number of nitrogens with one attached hydrogen (secondary N) is 1. The number of ether oxygens (including phenoxy) is 1. The van der Waals surface area contributed by atoms with Gasteiger partial charge in [0.25, 0.3) is 0 Å². The molecule has 5 N–H and O–H groups in total. The molecular weight excluding hydrogens is 374 g/mol. The number of benzene rings is 1. The Labute approximate surface area is 157 Å². The maximum atomic E-state index is 12.5. The van der Waals surface area contributed by atoms with Gasteiger partial charge >= 0.3 is 6.03 Å². The number of sulfone groups is 1. The second-order valence-corrected chi connectivity index (χ2v) is 7.86. The van der Waals surface area contributed by atoms with Crippen molar-refractivity contribution < 1.29 is 27.2 Å². The summed E-state index contributed by atoms with van der Waals surface area (Å²) in [5, 5.41) is 2.10. The molecule has 1 aromatic carbocycles. The maximum Gasteiger partial charge on any atom is 0.313 e. The first-order chi connectivity index (χ1) is 12.6. The van der Waals surface area contributed by atoms with E-state index in [1.807, 2.05) is 19.9 Å². The van der Waals surface area contributed by atoms with Crippen molar-refractivity contribution in [3.8, 4) is 5.75 Å². The fourth-order valence-electron chi connectivity index (χ4n) is 2.33. The highest BCUT2D eigenvalue weighted by molar-refractivity contribution is 7.91. The average Bonchev–Trinajstić information content (AvgIpc) is 3.15. The van der Waals surface area contributed by atoms with Gasteiger partial charge in [0.1, 0.15) is 22.3 Å². The van der Waals surface area contributed by atoms with Gasteiger partial charge in [-0.25, -0.2) is 13.2 Å². The lowest BCUT2D eigenvalue weighted by Gasteiger charge is -2.24. The van der Waals surface area contributed by atoms with Crippen LogP contribution in [0, 0.1) is 0 Å². The molecule has 2 aromatic rings. The number of amides is 3. The van der Waals surface area contributed by atoms with E-state index in [4.69, 9.17) is 19.7 Å². The standard InChI is InChI=1S/C16H20N2O5S.CH3NO/c1-16(2,14-5-4-8-23-14)11-6-7-12(22-3)13(9-11)24(20,21)10-18-15(17)19;2-1-3/h4-9H,10H2,1-3H3,(H3,17,18,19);1H,(H2,2,3). The summed E-state index contributed by atoms with van der Waals surface area (Å²) in [5.74, 6) is 0.287. The molecule has 0 aliphatic heterocycles. The minimum Gasteiger partial charge on any atom is -0.495 e. The van der Waals surface area contributed by atoms with Crippen molar-refractivity contribution in [2.75, 3.05) is 13.0 Å². The number of hydrogen-bond acceptors (Lipinski definition) is 6. The smallest absolute Gasteiger partial charge is 0.313 e. The molecule has 0 radical (unpaired) electrons. The first-order valence-electron chi connectivity index (χ1n) is 7.74. The van der Waals surface area contributed by atoms with Gasteiger partial charge < -0.3 is 25.9 Å². The summed E-state index contributed by atoms with van der Waals surface area (Å²) in [7, 11) is -2.44. The van der Waals surface area contributed by atoms with Gasteiger partial charge in [0.15, 0.2) is 9.84 Å². The van der Waals surface area contributed by atoms with Crippen LogP contribution >= 0.6 is 0 Å². The number of hydrogen-bond donors (Lipinski definition) is 3. The molecule has 148 valence electrons. The average molecular weight is 397 g/mol. The highest BCUT2D eigenvalue weighted by Crippen LogP contribution is 2.35. The van der Waals surface area contributed by atoms with Crippen LogP contribution in [-0.2, 0) is 20.0 Å². The second-order valence-electron chi connectivity index (χ2n) is 5.90. The lowest BCUT2D eigenvalue weighted by atomic mass is 9.82. The molecule has 2 rings (SSSR count). The molecule has 0 aliphatic carbocycles. The zero-order chi connectivity index (χ0) is 20.7. The van der Waals surface area contributed by atoms with Crippen LogP contribution in [0.5, 0.6) is 5.75 Å². The van der Waals surface area contributed by atoms with Gasteiger partial charge in [-0.3, -0.25) is 4.79 Å². The van der Waals surface area contributed by atoms with Gasteiger partial charge in [0, 0.05) is 5.41 Å². The topological polar surface area (TPSA) is 155 Å². The Morgan fingerprint density at radius 1 is 1.33 bits per heavy atom. The molecule has 9 nitrogen and oxygen atoms in total. The zero-order valence-corrected chi connectivity index (χ0v) is 16.1. The molecular formula is C17H23N3O6S. The Balaban J connectivity index is 0.00000114. The van der Waals surface area contributed by atoms with Crippen molar-refractivity contribution in [2.45, 2.75) is 24.2 Å². The normalized spacial score (nSPS) is 11.1. The number of rotatable bonds is 6. The minimum absolute atomic E-state index is 0.0177. The van der Waals surface area contributed by atoms with Crippen molar-refractivity contribution >= 4 is 22.3 Å². The molecule has 0 fully saturated rings. The van der Waals surface area contributed by atoms with E-state index in [1.54, 1.807) is 24.5 Å². The number of nitrogens with two attached hydrogens (primary N) is 2. The Kier molecular flexibility index (Phi) is 7.41. The number of carbonyl (C=O) groups is 2. The summed E-state index contributed by atoms with van der Waals surface area (Å²) in [4.78, 5) is 19.4. The lowest BCUT2D eigenvalue weighted by Crippen LogP contribution is -2.34. The first-order valence-corrected chi connectivity index (χ1v) is 9.39. The van der Waals surface area contributed by atoms with Crippen LogP contribution < -0.4 is 21.5 Å².